The molecule has 130 valence electrons. The Labute approximate surface area is 144 Å². The summed E-state index contributed by atoms with van der Waals surface area (Å²) in [6, 6.07) is 8.78. The van der Waals surface area contributed by atoms with E-state index in [-0.39, 0.29) is 11.8 Å². The first-order chi connectivity index (χ1) is 11.5. The van der Waals surface area contributed by atoms with Crippen molar-refractivity contribution in [1.82, 2.24) is 19.4 Å². The van der Waals surface area contributed by atoms with Crippen molar-refractivity contribution in [2.24, 2.45) is 13.0 Å². The fourth-order valence-electron chi connectivity index (χ4n) is 3.58. The summed E-state index contributed by atoms with van der Waals surface area (Å²) in [5.41, 5.74) is 2.24. The number of amides is 1. The van der Waals surface area contributed by atoms with Crippen LogP contribution in [0.1, 0.15) is 32.5 Å². The van der Waals surface area contributed by atoms with Gasteiger partial charge >= 0.3 is 0 Å². The average molecular weight is 328 g/mol. The number of hydrogen-bond acceptors (Lipinski definition) is 3. The summed E-state index contributed by atoms with van der Waals surface area (Å²) < 4.78 is 2.18. The summed E-state index contributed by atoms with van der Waals surface area (Å²) in [6.45, 7) is 6.54. The van der Waals surface area contributed by atoms with E-state index in [2.05, 4.69) is 41.8 Å². The van der Waals surface area contributed by atoms with Crippen molar-refractivity contribution in [2.75, 3.05) is 20.1 Å². The van der Waals surface area contributed by atoms with Crippen molar-refractivity contribution < 1.29 is 4.79 Å². The molecule has 0 unspecified atom stereocenters. The van der Waals surface area contributed by atoms with Crippen molar-refractivity contribution in [3.63, 3.8) is 0 Å². The fraction of sp³-hybridized carbons (Fsp3) is 0.579. The molecule has 0 aliphatic carbocycles. The van der Waals surface area contributed by atoms with E-state index >= 15 is 0 Å². The van der Waals surface area contributed by atoms with Crippen LogP contribution in [0.3, 0.4) is 0 Å². The SMILES string of the molecule is CC(C)C(=O)N1CCC(N(C)Cc2nc3ccccc3n2C)CC1. The number of imidazole rings is 1. The molecular formula is C19H28N4O. The van der Waals surface area contributed by atoms with E-state index in [0.717, 1.165) is 43.8 Å². The third-order valence-corrected chi connectivity index (χ3v) is 5.16. The summed E-state index contributed by atoms with van der Waals surface area (Å²) in [5, 5.41) is 0. The number of fused-ring (bicyclic) bond motifs is 1. The minimum atomic E-state index is 0.0966. The zero-order chi connectivity index (χ0) is 17.3. The van der Waals surface area contributed by atoms with Crippen molar-refractivity contribution >= 4 is 16.9 Å². The van der Waals surface area contributed by atoms with Crippen molar-refractivity contribution in [3.05, 3.63) is 30.1 Å². The first kappa shape index (κ1) is 17.0. The van der Waals surface area contributed by atoms with E-state index in [0.29, 0.717) is 6.04 Å². The number of aromatic nitrogens is 2. The number of carbonyl (C=O) groups excluding carboxylic acids is 1. The van der Waals surface area contributed by atoms with Crippen LogP contribution < -0.4 is 0 Å². The van der Waals surface area contributed by atoms with Crippen LogP contribution in [0.15, 0.2) is 24.3 Å². The second-order valence-corrected chi connectivity index (χ2v) is 7.20. The van der Waals surface area contributed by atoms with E-state index < -0.39 is 0 Å². The van der Waals surface area contributed by atoms with E-state index in [1.807, 2.05) is 24.8 Å². The molecule has 1 fully saturated rings. The number of aryl methyl sites for hydroxylation is 1. The van der Waals surface area contributed by atoms with Gasteiger partial charge in [-0.15, -0.1) is 0 Å². The van der Waals surface area contributed by atoms with Gasteiger partial charge < -0.3 is 9.47 Å². The first-order valence-corrected chi connectivity index (χ1v) is 8.86. The zero-order valence-corrected chi connectivity index (χ0v) is 15.2. The monoisotopic (exact) mass is 328 g/mol. The van der Waals surface area contributed by atoms with Gasteiger partial charge in [-0.2, -0.15) is 0 Å². The Kier molecular flexibility index (Phi) is 4.90. The minimum Gasteiger partial charge on any atom is -0.342 e. The van der Waals surface area contributed by atoms with Crippen LogP contribution in [0.25, 0.3) is 11.0 Å². The van der Waals surface area contributed by atoms with Crippen LogP contribution >= 0.6 is 0 Å². The fourth-order valence-corrected chi connectivity index (χ4v) is 3.58. The Morgan fingerprint density at radius 1 is 1.29 bits per heavy atom. The molecule has 2 heterocycles. The Morgan fingerprint density at radius 3 is 2.58 bits per heavy atom. The lowest BCUT2D eigenvalue weighted by molar-refractivity contribution is -0.136. The summed E-state index contributed by atoms with van der Waals surface area (Å²) in [7, 11) is 4.26. The molecule has 0 bridgehead atoms. The molecule has 1 aliphatic heterocycles. The quantitative estimate of drug-likeness (QED) is 0.866. The maximum Gasteiger partial charge on any atom is 0.225 e. The molecule has 0 atom stereocenters. The molecule has 1 aromatic heterocycles. The number of carbonyl (C=O) groups is 1. The lowest BCUT2D eigenvalue weighted by Crippen LogP contribution is -2.46. The van der Waals surface area contributed by atoms with Crippen LogP contribution in [0.4, 0.5) is 0 Å². The highest BCUT2D eigenvalue weighted by molar-refractivity contribution is 5.78. The number of likely N-dealkylation sites (tertiary alicyclic amines) is 1. The van der Waals surface area contributed by atoms with Crippen LogP contribution in [0.5, 0.6) is 0 Å². The van der Waals surface area contributed by atoms with Crippen molar-refractivity contribution in [3.8, 4) is 0 Å². The molecule has 0 N–H and O–H groups in total. The van der Waals surface area contributed by atoms with Gasteiger partial charge in [0.1, 0.15) is 5.82 Å². The Morgan fingerprint density at radius 2 is 1.96 bits per heavy atom. The summed E-state index contributed by atoms with van der Waals surface area (Å²) in [5.74, 6) is 1.48. The van der Waals surface area contributed by atoms with Gasteiger partial charge in [-0.25, -0.2) is 4.98 Å². The van der Waals surface area contributed by atoms with Gasteiger partial charge in [-0.05, 0) is 32.0 Å². The highest BCUT2D eigenvalue weighted by Gasteiger charge is 2.26. The molecule has 1 saturated heterocycles. The molecule has 1 aromatic carbocycles. The highest BCUT2D eigenvalue weighted by Crippen LogP contribution is 2.20. The van der Waals surface area contributed by atoms with Crippen LogP contribution in [0.2, 0.25) is 0 Å². The first-order valence-electron chi connectivity index (χ1n) is 8.86. The second kappa shape index (κ2) is 6.93. The molecule has 3 rings (SSSR count). The molecular weight excluding hydrogens is 300 g/mol. The molecule has 0 spiro atoms. The maximum atomic E-state index is 12.1. The number of nitrogens with zero attached hydrogens (tertiary/aromatic N) is 4. The molecule has 0 radical (unpaired) electrons. The van der Waals surface area contributed by atoms with Gasteiger partial charge in [-0.3, -0.25) is 9.69 Å². The van der Waals surface area contributed by atoms with Gasteiger partial charge in [0.25, 0.3) is 0 Å². The van der Waals surface area contributed by atoms with E-state index in [1.165, 1.54) is 5.52 Å². The van der Waals surface area contributed by atoms with Gasteiger partial charge in [0.15, 0.2) is 0 Å². The topological polar surface area (TPSA) is 41.4 Å². The predicted octanol–water partition coefficient (Wildman–Crippen LogP) is 2.65. The lowest BCUT2D eigenvalue weighted by atomic mass is 10.0. The molecule has 5 heteroatoms. The summed E-state index contributed by atoms with van der Waals surface area (Å²) >= 11 is 0. The van der Waals surface area contributed by atoms with Crippen molar-refractivity contribution in [2.45, 2.75) is 39.3 Å². The molecule has 0 saturated carbocycles. The Bertz CT molecular complexity index is 713. The molecule has 1 aliphatic rings. The smallest absolute Gasteiger partial charge is 0.225 e. The zero-order valence-electron chi connectivity index (χ0n) is 15.2. The minimum absolute atomic E-state index is 0.0966. The third kappa shape index (κ3) is 3.31. The number of piperidine rings is 1. The average Bonchev–Trinajstić information content (AvgIpc) is 2.90. The summed E-state index contributed by atoms with van der Waals surface area (Å²) in [4.78, 5) is 21.3. The highest BCUT2D eigenvalue weighted by atomic mass is 16.2. The second-order valence-electron chi connectivity index (χ2n) is 7.20. The molecule has 24 heavy (non-hydrogen) atoms. The Balaban J connectivity index is 1.62. The molecule has 1 amide bonds. The third-order valence-electron chi connectivity index (χ3n) is 5.16. The molecule has 2 aromatic rings. The van der Waals surface area contributed by atoms with E-state index in [9.17, 15) is 4.79 Å². The van der Waals surface area contributed by atoms with Crippen molar-refractivity contribution in [1.29, 1.82) is 0 Å². The van der Waals surface area contributed by atoms with Gasteiger partial charge in [0, 0.05) is 32.1 Å². The number of hydrogen-bond donors (Lipinski definition) is 0. The maximum absolute atomic E-state index is 12.1. The predicted molar refractivity (Wildman–Crippen MR) is 96.6 cm³/mol. The van der Waals surface area contributed by atoms with E-state index in [1.54, 1.807) is 0 Å². The lowest BCUT2D eigenvalue weighted by Gasteiger charge is -2.37. The summed E-state index contributed by atoms with van der Waals surface area (Å²) in [6.07, 6.45) is 2.08. The standard InChI is InChI=1S/C19H28N4O/c1-14(2)19(24)23-11-9-15(10-12-23)21(3)13-18-20-16-7-5-6-8-17(16)22(18)4/h5-8,14-15H,9-13H2,1-4H3. The normalized spacial score (nSPS) is 16.5. The van der Waals surface area contributed by atoms with Crippen LogP contribution in [-0.4, -0.2) is 51.4 Å². The number of benzene rings is 1. The van der Waals surface area contributed by atoms with Gasteiger partial charge in [0.05, 0.1) is 17.6 Å². The number of para-hydroxylation sites is 2. The Hall–Kier alpha value is -1.88. The molecule has 5 nitrogen and oxygen atoms in total. The van der Waals surface area contributed by atoms with E-state index in [4.69, 9.17) is 4.98 Å². The van der Waals surface area contributed by atoms with Crippen LogP contribution in [0, 0.1) is 5.92 Å². The van der Waals surface area contributed by atoms with Gasteiger partial charge in [-0.1, -0.05) is 26.0 Å². The number of rotatable bonds is 4. The van der Waals surface area contributed by atoms with Crippen LogP contribution in [-0.2, 0) is 18.4 Å². The van der Waals surface area contributed by atoms with Gasteiger partial charge in [0.2, 0.25) is 5.91 Å². The largest absolute Gasteiger partial charge is 0.342 e.